The molecule has 0 unspecified atom stereocenters. The maximum Gasteiger partial charge on any atom is 0.190 e. The summed E-state index contributed by atoms with van der Waals surface area (Å²) in [7, 11) is 0. The van der Waals surface area contributed by atoms with Crippen LogP contribution in [0.3, 0.4) is 0 Å². The van der Waals surface area contributed by atoms with E-state index in [-0.39, 0.29) is 0 Å². The van der Waals surface area contributed by atoms with Crippen LogP contribution in [-0.4, -0.2) is 9.97 Å². The molecule has 2 N–H and O–H groups in total. The molecular weight excluding hydrogens is 166 g/mol. The number of H-pyrrole nitrogens is 1. The second-order valence-electron chi connectivity index (χ2n) is 2.38. The average molecular weight is 177 g/mol. The lowest BCUT2D eigenvalue weighted by Crippen LogP contribution is -1.88. The number of aromatic amines is 1. The number of rotatable bonds is 0. The molecule has 1 aromatic heterocycles. The molecule has 0 spiro atoms. The Morgan fingerprint density at radius 1 is 1.23 bits per heavy atom. The molecule has 0 saturated carbocycles. The lowest BCUT2D eigenvalue weighted by Gasteiger charge is -1.79. The Morgan fingerprint density at radius 2 is 1.77 bits per heavy atom. The van der Waals surface area contributed by atoms with E-state index in [1.807, 2.05) is 20.8 Å². The normalized spacial score (nSPS) is 7.46. The summed E-state index contributed by atoms with van der Waals surface area (Å²) in [6.07, 6.45) is 2.81. The van der Waals surface area contributed by atoms with Gasteiger partial charge in [0.1, 0.15) is 5.82 Å². The molecule has 0 bridgehead atoms. The zero-order valence-corrected chi connectivity index (χ0v) is 7.84. The predicted octanol–water partition coefficient (Wildman–Crippen LogP) is 0.873. The quantitative estimate of drug-likeness (QED) is 0.454. The summed E-state index contributed by atoms with van der Waals surface area (Å²) in [4.78, 5) is 7.25. The zero-order chi connectivity index (χ0) is 10.3. The monoisotopic (exact) mass is 177 g/mol. The lowest BCUT2D eigenvalue weighted by molar-refractivity contribution is 1.12. The van der Waals surface area contributed by atoms with Gasteiger partial charge in [-0.1, -0.05) is 0 Å². The number of hydrogen-bond acceptors (Lipinski definition) is 4. The first-order valence-electron chi connectivity index (χ1n) is 3.64. The molecule has 1 rings (SSSR count). The summed E-state index contributed by atoms with van der Waals surface area (Å²) in [5.41, 5.74) is 2.27. The molecule has 1 heterocycles. The van der Waals surface area contributed by atoms with Crippen molar-refractivity contribution in [3.05, 3.63) is 17.2 Å². The number of nitriles is 2. The van der Waals surface area contributed by atoms with Crippen molar-refractivity contribution < 1.29 is 0 Å². The second-order valence-corrected chi connectivity index (χ2v) is 2.38. The molecule has 13 heavy (non-hydrogen) atoms. The van der Waals surface area contributed by atoms with Crippen molar-refractivity contribution in [3.63, 3.8) is 0 Å². The van der Waals surface area contributed by atoms with Crippen molar-refractivity contribution in [1.82, 2.24) is 15.3 Å². The molecule has 0 aliphatic rings. The van der Waals surface area contributed by atoms with E-state index < -0.39 is 0 Å². The summed E-state index contributed by atoms with van der Waals surface area (Å²) in [6.45, 7) is 5.98. The van der Waals surface area contributed by atoms with Gasteiger partial charge in [0.2, 0.25) is 0 Å². The maximum absolute atomic E-state index is 7.48. The van der Waals surface area contributed by atoms with Gasteiger partial charge in [-0.25, -0.2) is 10.3 Å². The largest absolute Gasteiger partial charge is 0.346 e. The molecule has 0 saturated heterocycles. The van der Waals surface area contributed by atoms with Crippen LogP contribution in [0, 0.1) is 43.7 Å². The fourth-order valence-corrected chi connectivity index (χ4v) is 0.750. The van der Waals surface area contributed by atoms with Gasteiger partial charge in [0.05, 0.1) is 5.69 Å². The van der Waals surface area contributed by atoms with Gasteiger partial charge in [0, 0.05) is 5.69 Å². The van der Waals surface area contributed by atoms with E-state index in [0.717, 1.165) is 11.5 Å². The molecule has 0 aliphatic carbocycles. The molecule has 0 aromatic carbocycles. The van der Waals surface area contributed by atoms with Gasteiger partial charge >= 0.3 is 0 Å². The number of nitrogens with zero attached hydrogens (tertiary/aromatic N) is 3. The minimum atomic E-state index is 1.00. The Bertz CT molecular complexity index is 307. The molecule has 0 radical (unpaired) electrons. The maximum atomic E-state index is 7.48. The number of imidazole rings is 1. The van der Waals surface area contributed by atoms with E-state index >= 15 is 0 Å². The minimum Gasteiger partial charge on any atom is -0.346 e. The molecule has 0 fully saturated rings. The summed E-state index contributed by atoms with van der Waals surface area (Å²) in [5.74, 6) is 1.00. The molecule has 5 heteroatoms. The van der Waals surface area contributed by atoms with Gasteiger partial charge in [-0.3, -0.25) is 0 Å². The van der Waals surface area contributed by atoms with Crippen molar-refractivity contribution >= 4 is 0 Å². The van der Waals surface area contributed by atoms with Gasteiger partial charge in [-0.15, -0.1) is 0 Å². The Hall–Kier alpha value is -2.01. The third-order valence-electron chi connectivity index (χ3n) is 1.36. The number of nitrogens with one attached hydrogen (secondary N) is 2. The van der Waals surface area contributed by atoms with Crippen LogP contribution < -0.4 is 5.32 Å². The van der Waals surface area contributed by atoms with Crippen LogP contribution >= 0.6 is 0 Å². The van der Waals surface area contributed by atoms with E-state index in [1.54, 1.807) is 5.32 Å². The zero-order valence-electron chi connectivity index (χ0n) is 7.84. The van der Waals surface area contributed by atoms with Crippen LogP contribution in [0.25, 0.3) is 0 Å². The third-order valence-corrected chi connectivity index (χ3v) is 1.36. The van der Waals surface area contributed by atoms with E-state index in [4.69, 9.17) is 10.5 Å². The fourth-order valence-electron chi connectivity index (χ4n) is 0.750. The molecule has 0 atom stereocenters. The average Bonchev–Trinajstić information content (AvgIpc) is 2.32. The fraction of sp³-hybridized carbons (Fsp3) is 0.375. The van der Waals surface area contributed by atoms with Gasteiger partial charge in [0.25, 0.3) is 0 Å². The molecule has 1 aromatic rings. The Morgan fingerprint density at radius 3 is 1.85 bits per heavy atom. The van der Waals surface area contributed by atoms with Gasteiger partial charge in [-0.05, 0) is 20.8 Å². The SMILES string of the molecule is Cc1nc(C)c(C)[nH]1.N#CNC#N. The highest BCUT2D eigenvalue weighted by atomic mass is 14.9. The number of aromatic nitrogens is 2. The minimum absolute atomic E-state index is 1.00. The number of hydrogen-bond donors (Lipinski definition) is 2. The smallest absolute Gasteiger partial charge is 0.190 e. The van der Waals surface area contributed by atoms with Crippen molar-refractivity contribution in [2.24, 2.45) is 0 Å². The Balaban J connectivity index is 0.000000252. The summed E-state index contributed by atoms with van der Waals surface area (Å²) in [6, 6.07) is 0. The van der Waals surface area contributed by atoms with Crippen LogP contribution in [0.5, 0.6) is 0 Å². The van der Waals surface area contributed by atoms with Crippen LogP contribution in [0.1, 0.15) is 17.2 Å². The lowest BCUT2D eigenvalue weighted by atomic mass is 10.4. The molecule has 0 amide bonds. The van der Waals surface area contributed by atoms with E-state index in [9.17, 15) is 0 Å². The van der Waals surface area contributed by atoms with Gasteiger partial charge in [0.15, 0.2) is 12.4 Å². The second kappa shape index (κ2) is 5.62. The summed E-state index contributed by atoms with van der Waals surface area (Å²) in [5, 5.41) is 16.7. The summed E-state index contributed by atoms with van der Waals surface area (Å²) >= 11 is 0. The van der Waals surface area contributed by atoms with Gasteiger partial charge in [-0.2, -0.15) is 10.5 Å². The highest BCUT2D eigenvalue weighted by Crippen LogP contribution is 1.99. The molecular formula is C8H11N5. The first kappa shape index (κ1) is 11.0. The van der Waals surface area contributed by atoms with Crippen molar-refractivity contribution in [2.75, 3.05) is 0 Å². The van der Waals surface area contributed by atoms with Gasteiger partial charge < -0.3 is 4.98 Å². The summed E-state index contributed by atoms with van der Waals surface area (Å²) < 4.78 is 0. The first-order chi connectivity index (χ1) is 6.11. The highest BCUT2D eigenvalue weighted by Gasteiger charge is 1.93. The Labute approximate surface area is 77.0 Å². The van der Waals surface area contributed by atoms with Crippen LogP contribution in [0.4, 0.5) is 0 Å². The van der Waals surface area contributed by atoms with Crippen LogP contribution in [-0.2, 0) is 0 Å². The molecule has 0 aliphatic heterocycles. The topological polar surface area (TPSA) is 88.3 Å². The standard InChI is InChI=1S/C6H10N2.C2HN3/c1-4-5(2)8-6(3)7-4;3-1-5-2-4/h1-3H3,(H,7,8);5H. The van der Waals surface area contributed by atoms with E-state index in [2.05, 4.69) is 9.97 Å². The van der Waals surface area contributed by atoms with Crippen LogP contribution in [0.15, 0.2) is 0 Å². The van der Waals surface area contributed by atoms with Crippen LogP contribution in [0.2, 0.25) is 0 Å². The third kappa shape index (κ3) is 4.44. The molecule has 5 nitrogen and oxygen atoms in total. The Kier molecular flexibility index (Phi) is 4.75. The van der Waals surface area contributed by atoms with E-state index in [1.165, 1.54) is 18.1 Å². The predicted molar refractivity (Wildman–Crippen MR) is 47.2 cm³/mol. The van der Waals surface area contributed by atoms with E-state index in [0.29, 0.717) is 0 Å². The highest BCUT2D eigenvalue weighted by molar-refractivity contribution is 5.09. The van der Waals surface area contributed by atoms with Crippen molar-refractivity contribution in [1.29, 1.82) is 10.5 Å². The van der Waals surface area contributed by atoms with Crippen molar-refractivity contribution in [2.45, 2.75) is 20.8 Å². The first-order valence-corrected chi connectivity index (χ1v) is 3.64. The number of aryl methyl sites for hydroxylation is 3. The molecule has 68 valence electrons. The van der Waals surface area contributed by atoms with Crippen molar-refractivity contribution in [3.8, 4) is 12.4 Å².